The van der Waals surface area contributed by atoms with Crippen molar-refractivity contribution >= 4 is 121 Å². The van der Waals surface area contributed by atoms with E-state index in [1.54, 1.807) is 0 Å². The van der Waals surface area contributed by atoms with Crippen molar-refractivity contribution in [3.63, 3.8) is 0 Å². The minimum atomic E-state index is -1.03. The number of benzene rings is 8. The first-order valence-electron chi connectivity index (χ1n) is 26.2. The van der Waals surface area contributed by atoms with Gasteiger partial charge in [-0.25, -0.2) is 14.8 Å². The topological polar surface area (TPSA) is 140 Å². The van der Waals surface area contributed by atoms with Gasteiger partial charge in [-0.2, -0.15) is 10.3 Å². The Kier molecular flexibility index (Phi) is 19.7. The van der Waals surface area contributed by atoms with E-state index in [-0.39, 0.29) is 25.0 Å². The van der Waals surface area contributed by atoms with Gasteiger partial charge in [0.15, 0.2) is 0 Å². The van der Waals surface area contributed by atoms with Crippen LogP contribution in [0, 0.1) is 0 Å². The summed E-state index contributed by atoms with van der Waals surface area (Å²) in [5.41, 5.74) is 14.0. The number of thiocarbonyl (C=S) groups is 2. The molecule has 0 saturated carbocycles. The molecule has 0 unspecified atom stereocenters. The van der Waals surface area contributed by atoms with Crippen LogP contribution in [-0.2, 0) is 19.5 Å². The molecule has 84 heavy (non-hydrogen) atoms. The Bertz CT molecular complexity index is 4370. The average molecular weight is 1210 g/mol. The number of nitrogens with zero attached hydrogens (tertiary/aromatic N) is 8. The molecule has 0 radical (unpaired) electrons. The van der Waals surface area contributed by atoms with Crippen molar-refractivity contribution in [2.75, 3.05) is 9.80 Å². The summed E-state index contributed by atoms with van der Waals surface area (Å²) in [4.78, 5) is 35.8. The molecule has 0 aliphatic heterocycles. The molecule has 0 amide bonds. The number of carboxylic acids is 1. The molecule has 12 aromatic rings. The predicted molar refractivity (Wildman–Crippen MR) is 348 cm³/mol. The molecule has 404 valence electrons. The van der Waals surface area contributed by atoms with E-state index in [1.165, 1.54) is 50.2 Å². The van der Waals surface area contributed by atoms with E-state index in [2.05, 4.69) is 246 Å². The van der Waals surface area contributed by atoms with Crippen LogP contribution >= 0.6 is 24.4 Å². The second-order valence-electron chi connectivity index (χ2n) is 18.7. The minimum Gasteiger partial charge on any atom is -0.753 e. The van der Waals surface area contributed by atoms with E-state index in [0.29, 0.717) is 34.2 Å². The zero-order valence-electron chi connectivity index (χ0n) is 44.7. The maximum Gasteiger partial charge on any atom is 2.00 e. The fourth-order valence-corrected chi connectivity index (χ4v) is 9.56. The Morgan fingerprint density at radius 1 is 0.369 bits per heavy atom. The predicted octanol–water partition coefficient (Wildman–Crippen LogP) is 18.9. The second-order valence-corrected chi connectivity index (χ2v) is 19.1. The molecule has 0 atom stereocenters. The van der Waals surface area contributed by atoms with Gasteiger partial charge in [-0.15, -0.1) is 0 Å². The number of carbonyl (C=O) groups is 1. The van der Waals surface area contributed by atoms with Crippen LogP contribution in [0.15, 0.2) is 261 Å². The normalized spacial score (nSPS) is 10.6. The zero-order valence-corrected chi connectivity index (χ0v) is 48.1. The van der Waals surface area contributed by atoms with Gasteiger partial charge in [0.05, 0.1) is 39.7 Å². The first kappa shape index (κ1) is 58.3. The third kappa shape index (κ3) is 14.4. The zero-order chi connectivity index (χ0) is 57.3. The fraction of sp³-hybridized carbons (Fsp3) is 0. The van der Waals surface area contributed by atoms with E-state index in [9.17, 15) is 9.90 Å². The summed E-state index contributed by atoms with van der Waals surface area (Å²) in [7, 11) is 0. The SMILES string of the molecule is O=C(O)c1ccnc(-c2cccc(-c3cc(/C=C/c4ccc(N(c5ccccc5)c5ccc6ccccc6c5)cc4)cc(-c4cc(/C=C/c5ccc(N(c6ccccc6)c6ccc7ccccc7c6)cc5)ccn4)n3)n2)c1.[N-]=C=S.[N-]=C=S.[Ru+2]. The first-order valence-corrected chi connectivity index (χ1v) is 27.0. The summed E-state index contributed by atoms with van der Waals surface area (Å²) in [6, 6.07) is 84.7. The molecule has 0 saturated heterocycles. The Balaban J connectivity index is 0.00000116. The van der Waals surface area contributed by atoms with Gasteiger partial charge in [-0.1, -0.05) is 176 Å². The van der Waals surface area contributed by atoms with Crippen molar-refractivity contribution < 1.29 is 29.4 Å². The molecule has 0 fully saturated rings. The summed E-state index contributed by atoms with van der Waals surface area (Å²) in [5.74, 6) is -1.03. The third-order valence-electron chi connectivity index (χ3n) is 13.4. The number of pyridine rings is 4. The molecule has 13 heteroatoms. The maximum absolute atomic E-state index is 11.9. The van der Waals surface area contributed by atoms with Gasteiger partial charge in [0.1, 0.15) is 0 Å². The summed E-state index contributed by atoms with van der Waals surface area (Å²) >= 11 is 7.40. The van der Waals surface area contributed by atoms with Crippen LogP contribution in [0.3, 0.4) is 0 Å². The number of rotatable bonds is 14. The monoisotopic (exact) mass is 1210 g/mol. The van der Waals surface area contributed by atoms with E-state index < -0.39 is 5.97 Å². The summed E-state index contributed by atoms with van der Waals surface area (Å²) < 4.78 is 0. The molecular weight excluding hydrogens is 1160 g/mol. The molecule has 4 heterocycles. The number of para-hydroxylation sites is 2. The van der Waals surface area contributed by atoms with Crippen molar-refractivity contribution in [3.05, 3.63) is 300 Å². The number of isothiocyanates is 2. The molecule has 12 rings (SSSR count). The molecular formula is C71H48N8O2RuS2. The van der Waals surface area contributed by atoms with Crippen molar-refractivity contribution in [3.8, 4) is 34.2 Å². The molecule has 0 aliphatic rings. The Hall–Kier alpha value is -10.3. The molecule has 0 aliphatic carbocycles. The van der Waals surface area contributed by atoms with Crippen LogP contribution in [0.2, 0.25) is 0 Å². The van der Waals surface area contributed by atoms with E-state index >= 15 is 0 Å². The standard InChI is InChI=1S/C69H48N6O2.2CNS.Ru/c76-69(77)56-39-41-71-66(47-56)63-20-11-21-64(72-63)67-43-51(25-23-49-28-34-60(35-29-49)75(58-18-5-2-6-19-58)62-37-31-53-13-8-10-15-55(53)46-62)44-68(73-67)65-42-50(38-40-70-65)24-22-48-26-32-59(33-27-48)74(57-16-3-1-4-17-57)61-36-30-52-12-7-9-14-54(52)45-61;2*2-1-3;/h1-47H,(H,76,77);;;/q;2*-1;+2/b24-22+,25-23+;;;. The second kappa shape index (κ2) is 28.4. The fourth-order valence-electron chi connectivity index (χ4n) is 9.56. The summed E-state index contributed by atoms with van der Waals surface area (Å²) in [5, 5.41) is 31.4. The molecule has 0 spiro atoms. The van der Waals surface area contributed by atoms with Crippen LogP contribution in [0.5, 0.6) is 0 Å². The number of anilines is 6. The Morgan fingerprint density at radius 2 is 0.738 bits per heavy atom. The van der Waals surface area contributed by atoms with Gasteiger partial charge in [-0.05, 0) is 165 Å². The van der Waals surface area contributed by atoms with Crippen LogP contribution in [0.25, 0.3) is 90.8 Å². The third-order valence-corrected chi connectivity index (χ3v) is 13.4. The van der Waals surface area contributed by atoms with Gasteiger partial charge in [0.25, 0.3) is 0 Å². The molecule has 1 N–H and O–H groups in total. The van der Waals surface area contributed by atoms with Crippen LogP contribution in [0.1, 0.15) is 32.6 Å². The van der Waals surface area contributed by atoms with Crippen molar-refractivity contribution in [2.45, 2.75) is 0 Å². The van der Waals surface area contributed by atoms with Crippen LogP contribution < -0.4 is 9.80 Å². The number of carboxylic acid groups (broad SMARTS) is 1. The first-order chi connectivity index (χ1) is 40.8. The van der Waals surface area contributed by atoms with Crippen molar-refractivity contribution in [1.29, 1.82) is 0 Å². The number of hydrogen-bond donors (Lipinski definition) is 1. The van der Waals surface area contributed by atoms with Crippen molar-refractivity contribution in [1.82, 2.24) is 19.9 Å². The quantitative estimate of drug-likeness (QED) is 0.0636. The van der Waals surface area contributed by atoms with Gasteiger partial charge in [0, 0.05) is 46.5 Å². The summed E-state index contributed by atoms with van der Waals surface area (Å²) in [6.07, 6.45) is 11.7. The van der Waals surface area contributed by atoms with Gasteiger partial charge >= 0.3 is 25.4 Å². The number of hydrogen-bond acceptors (Lipinski definition) is 9. The van der Waals surface area contributed by atoms with Crippen LogP contribution in [-0.4, -0.2) is 41.3 Å². The largest absolute Gasteiger partial charge is 2.00 e. The van der Waals surface area contributed by atoms with Crippen molar-refractivity contribution in [2.24, 2.45) is 0 Å². The number of fused-ring (bicyclic) bond motifs is 2. The number of aromatic carboxylic acids is 1. The molecule has 4 aromatic heterocycles. The average Bonchev–Trinajstić information content (AvgIpc) is 3.73. The van der Waals surface area contributed by atoms with E-state index in [0.717, 1.165) is 56.4 Å². The Morgan fingerprint density at radius 3 is 1.24 bits per heavy atom. The van der Waals surface area contributed by atoms with E-state index in [1.807, 2.05) is 60.8 Å². The van der Waals surface area contributed by atoms with Crippen LogP contribution in [0.4, 0.5) is 34.1 Å². The van der Waals surface area contributed by atoms with Gasteiger partial charge in [-0.3, -0.25) is 9.97 Å². The Labute approximate surface area is 510 Å². The molecule has 10 nitrogen and oxygen atoms in total. The number of aromatic nitrogens is 4. The smallest absolute Gasteiger partial charge is 0.753 e. The van der Waals surface area contributed by atoms with Gasteiger partial charge < -0.3 is 25.7 Å². The molecule has 0 bridgehead atoms. The maximum atomic E-state index is 11.9. The van der Waals surface area contributed by atoms with E-state index in [4.69, 9.17) is 25.8 Å². The minimum absolute atomic E-state index is 0. The molecule has 8 aromatic carbocycles. The van der Waals surface area contributed by atoms with Gasteiger partial charge in [0.2, 0.25) is 0 Å². The summed E-state index contributed by atoms with van der Waals surface area (Å²) in [6.45, 7) is 0.